The Balaban J connectivity index is 1.96. The molecule has 0 saturated heterocycles. The van der Waals surface area contributed by atoms with Crippen molar-refractivity contribution < 1.29 is 9.47 Å². The molecule has 1 aromatic rings. The van der Waals surface area contributed by atoms with Crippen LogP contribution in [0.5, 0.6) is 5.75 Å². The summed E-state index contributed by atoms with van der Waals surface area (Å²) in [7, 11) is 1.68. The zero-order valence-corrected chi connectivity index (χ0v) is 11.8. The summed E-state index contributed by atoms with van der Waals surface area (Å²) >= 11 is 0. The SMILES string of the molecule is COCCOc1ccccc1C(N)CC1CCCC1. The standard InChI is InChI=1S/C16H25NO2/c1-18-10-11-19-16-9-5-4-8-14(16)15(17)12-13-6-2-3-7-13/h4-5,8-9,13,15H,2-3,6-7,10-12,17H2,1H3. The Kier molecular flexibility index (Phi) is 5.67. The predicted octanol–water partition coefficient (Wildman–Crippen LogP) is 3.29. The molecule has 0 aromatic heterocycles. The maximum Gasteiger partial charge on any atom is 0.124 e. The van der Waals surface area contributed by atoms with Crippen molar-refractivity contribution in [2.75, 3.05) is 20.3 Å². The van der Waals surface area contributed by atoms with Crippen molar-refractivity contribution >= 4 is 0 Å². The number of methoxy groups -OCH3 is 1. The minimum Gasteiger partial charge on any atom is -0.491 e. The summed E-state index contributed by atoms with van der Waals surface area (Å²) in [6, 6.07) is 8.20. The molecule has 0 bridgehead atoms. The van der Waals surface area contributed by atoms with Crippen molar-refractivity contribution in [2.24, 2.45) is 11.7 Å². The van der Waals surface area contributed by atoms with Crippen molar-refractivity contribution in [3.05, 3.63) is 29.8 Å². The molecule has 106 valence electrons. The van der Waals surface area contributed by atoms with Gasteiger partial charge in [0.25, 0.3) is 0 Å². The molecule has 2 N–H and O–H groups in total. The van der Waals surface area contributed by atoms with Crippen LogP contribution in [0.3, 0.4) is 0 Å². The molecule has 1 fully saturated rings. The normalized spacial score (nSPS) is 17.6. The Labute approximate surface area is 116 Å². The van der Waals surface area contributed by atoms with Gasteiger partial charge in [0.2, 0.25) is 0 Å². The molecule has 1 aromatic carbocycles. The van der Waals surface area contributed by atoms with Gasteiger partial charge in [-0.2, -0.15) is 0 Å². The predicted molar refractivity (Wildman–Crippen MR) is 77.3 cm³/mol. The summed E-state index contributed by atoms with van der Waals surface area (Å²) in [5, 5.41) is 0. The van der Waals surface area contributed by atoms with Crippen molar-refractivity contribution in [3.63, 3.8) is 0 Å². The van der Waals surface area contributed by atoms with Crippen LogP contribution in [0.15, 0.2) is 24.3 Å². The zero-order chi connectivity index (χ0) is 13.5. The highest BCUT2D eigenvalue weighted by Crippen LogP contribution is 2.34. The highest BCUT2D eigenvalue weighted by atomic mass is 16.5. The number of rotatable bonds is 7. The average Bonchev–Trinajstić information content (AvgIpc) is 2.92. The maximum absolute atomic E-state index is 6.37. The molecule has 0 radical (unpaired) electrons. The smallest absolute Gasteiger partial charge is 0.124 e. The lowest BCUT2D eigenvalue weighted by Gasteiger charge is -2.19. The number of para-hydroxylation sites is 1. The van der Waals surface area contributed by atoms with Gasteiger partial charge < -0.3 is 15.2 Å². The minimum absolute atomic E-state index is 0.0850. The van der Waals surface area contributed by atoms with Crippen molar-refractivity contribution in [1.82, 2.24) is 0 Å². The fourth-order valence-electron chi connectivity index (χ4n) is 2.89. The van der Waals surface area contributed by atoms with Crippen molar-refractivity contribution in [2.45, 2.75) is 38.1 Å². The van der Waals surface area contributed by atoms with E-state index in [-0.39, 0.29) is 6.04 Å². The van der Waals surface area contributed by atoms with Gasteiger partial charge in [-0.3, -0.25) is 0 Å². The molecule has 3 nitrogen and oxygen atoms in total. The van der Waals surface area contributed by atoms with Gasteiger partial charge in [0, 0.05) is 18.7 Å². The maximum atomic E-state index is 6.37. The van der Waals surface area contributed by atoms with Crippen molar-refractivity contribution in [1.29, 1.82) is 0 Å². The second kappa shape index (κ2) is 7.51. The van der Waals surface area contributed by atoms with Gasteiger partial charge in [0.15, 0.2) is 0 Å². The lowest BCUT2D eigenvalue weighted by Crippen LogP contribution is -2.16. The van der Waals surface area contributed by atoms with Crippen LogP contribution in [0.4, 0.5) is 0 Å². The lowest BCUT2D eigenvalue weighted by atomic mass is 9.94. The Bertz CT molecular complexity index is 375. The third-order valence-electron chi connectivity index (χ3n) is 3.93. The highest BCUT2D eigenvalue weighted by Gasteiger charge is 2.20. The van der Waals surface area contributed by atoms with Gasteiger partial charge in [-0.15, -0.1) is 0 Å². The molecule has 1 aliphatic carbocycles. The molecule has 0 heterocycles. The topological polar surface area (TPSA) is 44.5 Å². The van der Waals surface area contributed by atoms with Crippen LogP contribution in [-0.2, 0) is 4.74 Å². The largest absolute Gasteiger partial charge is 0.491 e. The van der Waals surface area contributed by atoms with Gasteiger partial charge in [0.1, 0.15) is 12.4 Å². The number of nitrogens with two attached hydrogens (primary N) is 1. The van der Waals surface area contributed by atoms with Gasteiger partial charge in [-0.25, -0.2) is 0 Å². The van der Waals surface area contributed by atoms with Crippen LogP contribution in [0.2, 0.25) is 0 Å². The van der Waals surface area contributed by atoms with Crippen LogP contribution in [0, 0.1) is 5.92 Å². The van der Waals surface area contributed by atoms with E-state index < -0.39 is 0 Å². The molecule has 1 atom stereocenters. The fraction of sp³-hybridized carbons (Fsp3) is 0.625. The van der Waals surface area contributed by atoms with Gasteiger partial charge in [-0.05, 0) is 18.4 Å². The first-order chi connectivity index (χ1) is 9.31. The van der Waals surface area contributed by atoms with Gasteiger partial charge >= 0.3 is 0 Å². The summed E-state index contributed by atoms with van der Waals surface area (Å²) in [4.78, 5) is 0. The molecule has 1 aliphatic rings. The van der Waals surface area contributed by atoms with Crippen molar-refractivity contribution in [3.8, 4) is 5.75 Å². The number of hydrogen-bond donors (Lipinski definition) is 1. The summed E-state index contributed by atoms with van der Waals surface area (Å²) in [5.41, 5.74) is 7.50. The molecule has 0 aliphatic heterocycles. The first-order valence-electron chi connectivity index (χ1n) is 7.27. The van der Waals surface area contributed by atoms with E-state index in [0.29, 0.717) is 13.2 Å². The van der Waals surface area contributed by atoms with E-state index in [1.54, 1.807) is 7.11 Å². The lowest BCUT2D eigenvalue weighted by molar-refractivity contribution is 0.145. The second-order valence-corrected chi connectivity index (χ2v) is 5.37. The molecule has 0 amide bonds. The molecule has 0 spiro atoms. The quantitative estimate of drug-likeness (QED) is 0.768. The highest BCUT2D eigenvalue weighted by molar-refractivity contribution is 5.35. The van der Waals surface area contributed by atoms with Crippen LogP contribution in [0.25, 0.3) is 0 Å². The first-order valence-corrected chi connectivity index (χ1v) is 7.27. The Hall–Kier alpha value is -1.06. The van der Waals surface area contributed by atoms with E-state index in [1.165, 1.54) is 25.7 Å². The first kappa shape index (κ1) is 14.4. The van der Waals surface area contributed by atoms with E-state index >= 15 is 0 Å². The number of ether oxygens (including phenoxy) is 2. The Morgan fingerprint density at radius 3 is 2.68 bits per heavy atom. The number of benzene rings is 1. The summed E-state index contributed by atoms with van der Waals surface area (Å²) in [6.07, 6.45) is 6.47. The molecule has 1 saturated carbocycles. The van der Waals surface area contributed by atoms with Crippen LogP contribution in [0.1, 0.15) is 43.7 Å². The summed E-state index contributed by atoms with van der Waals surface area (Å²) in [5.74, 6) is 1.70. The van der Waals surface area contributed by atoms with Crippen LogP contribution in [-0.4, -0.2) is 20.3 Å². The Morgan fingerprint density at radius 1 is 1.21 bits per heavy atom. The molecule has 19 heavy (non-hydrogen) atoms. The second-order valence-electron chi connectivity index (χ2n) is 5.37. The number of hydrogen-bond acceptors (Lipinski definition) is 3. The van der Waals surface area contributed by atoms with Crippen LogP contribution < -0.4 is 10.5 Å². The van der Waals surface area contributed by atoms with E-state index in [1.807, 2.05) is 18.2 Å². The van der Waals surface area contributed by atoms with Gasteiger partial charge in [-0.1, -0.05) is 43.9 Å². The van der Waals surface area contributed by atoms with E-state index in [0.717, 1.165) is 23.7 Å². The van der Waals surface area contributed by atoms with E-state index in [4.69, 9.17) is 15.2 Å². The monoisotopic (exact) mass is 263 g/mol. The zero-order valence-electron chi connectivity index (χ0n) is 11.8. The molecule has 1 unspecified atom stereocenters. The summed E-state index contributed by atoms with van der Waals surface area (Å²) in [6.45, 7) is 1.18. The molecular weight excluding hydrogens is 238 g/mol. The molecule has 2 rings (SSSR count). The fourth-order valence-corrected chi connectivity index (χ4v) is 2.89. The van der Waals surface area contributed by atoms with E-state index in [9.17, 15) is 0 Å². The van der Waals surface area contributed by atoms with Crippen LogP contribution >= 0.6 is 0 Å². The van der Waals surface area contributed by atoms with Gasteiger partial charge in [0.05, 0.1) is 6.61 Å². The van der Waals surface area contributed by atoms with E-state index in [2.05, 4.69) is 6.07 Å². The molecular formula is C16H25NO2. The third-order valence-corrected chi connectivity index (χ3v) is 3.93. The average molecular weight is 263 g/mol. The minimum atomic E-state index is 0.0850. The molecule has 3 heteroatoms. The Morgan fingerprint density at radius 2 is 1.95 bits per heavy atom. The summed E-state index contributed by atoms with van der Waals surface area (Å²) < 4.78 is 10.8. The third kappa shape index (κ3) is 4.22.